The molecule has 1 aliphatic rings. The van der Waals surface area contributed by atoms with Gasteiger partial charge >= 0.3 is 5.91 Å². The molecule has 1 unspecified atom stereocenters. The van der Waals surface area contributed by atoms with Gasteiger partial charge in [-0.1, -0.05) is 43.7 Å². The van der Waals surface area contributed by atoms with Crippen LogP contribution in [0.5, 0.6) is 0 Å². The van der Waals surface area contributed by atoms with Gasteiger partial charge in [-0.25, -0.2) is 14.3 Å². The normalized spacial score (nSPS) is 19.8. The minimum absolute atomic E-state index is 0.0228. The van der Waals surface area contributed by atoms with Crippen LogP contribution < -0.4 is 4.48 Å². The smallest absolute Gasteiger partial charge is 0.332 e. The van der Waals surface area contributed by atoms with Gasteiger partial charge in [0.2, 0.25) is 0 Å². The van der Waals surface area contributed by atoms with Crippen LogP contribution >= 0.6 is 0 Å². The van der Waals surface area contributed by atoms with E-state index in [4.69, 9.17) is 5.26 Å². The van der Waals surface area contributed by atoms with Crippen molar-refractivity contribution in [1.82, 2.24) is 19.4 Å². The van der Waals surface area contributed by atoms with Crippen molar-refractivity contribution >= 4 is 11.6 Å². The molecule has 33 heavy (non-hydrogen) atoms. The van der Waals surface area contributed by atoms with E-state index < -0.39 is 0 Å². The average molecular weight is 443 g/mol. The Labute approximate surface area is 196 Å². The highest BCUT2D eigenvalue weighted by atomic mass is 16.2. The Morgan fingerprint density at radius 1 is 1.21 bits per heavy atom. The summed E-state index contributed by atoms with van der Waals surface area (Å²) < 4.78 is 0.434. The molecule has 0 spiro atoms. The number of H-pyrrole nitrogens is 1. The Bertz CT molecular complexity index is 1120. The zero-order chi connectivity index (χ0) is 23.3. The summed E-state index contributed by atoms with van der Waals surface area (Å²) in [5.74, 6) is 0.258. The van der Waals surface area contributed by atoms with Gasteiger partial charge in [-0.2, -0.15) is 5.26 Å². The van der Waals surface area contributed by atoms with E-state index in [2.05, 4.69) is 46.9 Å². The van der Waals surface area contributed by atoms with Crippen molar-refractivity contribution in [1.29, 1.82) is 5.26 Å². The summed E-state index contributed by atoms with van der Waals surface area (Å²) in [7, 11) is 0. The number of hydrogen-bond acceptors (Lipinski definition) is 4. The van der Waals surface area contributed by atoms with Gasteiger partial charge in [0.1, 0.15) is 18.8 Å². The van der Waals surface area contributed by atoms with Gasteiger partial charge in [0, 0.05) is 18.3 Å². The second kappa shape index (κ2) is 10.1. The summed E-state index contributed by atoms with van der Waals surface area (Å²) in [5, 5.41) is 9.11. The number of benzene rings is 2. The molecule has 0 aliphatic carbocycles. The molecule has 3 aromatic rings. The molecular formula is C27H32N5O+. The van der Waals surface area contributed by atoms with E-state index in [1.165, 1.54) is 5.56 Å². The quantitative estimate of drug-likeness (QED) is 0.521. The molecule has 1 aromatic heterocycles. The number of carbonyl (C=O) groups is 1. The number of piperazine rings is 1. The summed E-state index contributed by atoms with van der Waals surface area (Å²) in [6.07, 6.45) is 6.39. The predicted octanol–water partition coefficient (Wildman–Crippen LogP) is 4.52. The fourth-order valence-corrected chi connectivity index (χ4v) is 4.98. The first kappa shape index (κ1) is 22.9. The van der Waals surface area contributed by atoms with Crippen molar-refractivity contribution in [2.45, 2.75) is 39.2 Å². The van der Waals surface area contributed by atoms with Crippen molar-refractivity contribution in [2.24, 2.45) is 0 Å². The van der Waals surface area contributed by atoms with E-state index in [1.54, 1.807) is 6.33 Å². The van der Waals surface area contributed by atoms with Crippen LogP contribution in [-0.2, 0) is 11.2 Å². The fraction of sp³-hybridized carbons (Fsp3) is 0.370. The molecule has 4 rings (SSSR count). The van der Waals surface area contributed by atoms with E-state index in [0.717, 1.165) is 55.8 Å². The van der Waals surface area contributed by atoms with Crippen LogP contribution in [0, 0.1) is 18.3 Å². The van der Waals surface area contributed by atoms with Gasteiger partial charge in [0.15, 0.2) is 0 Å². The Hall–Kier alpha value is -3.27. The predicted molar refractivity (Wildman–Crippen MR) is 130 cm³/mol. The zero-order valence-corrected chi connectivity index (χ0v) is 19.5. The molecule has 2 aromatic carbocycles. The van der Waals surface area contributed by atoms with Gasteiger partial charge < -0.3 is 4.98 Å². The second-order valence-corrected chi connectivity index (χ2v) is 8.95. The topological polar surface area (TPSA) is 72.8 Å². The molecule has 1 fully saturated rings. The lowest BCUT2D eigenvalue weighted by atomic mass is 9.99. The molecule has 6 heteroatoms. The third-order valence-corrected chi connectivity index (χ3v) is 6.89. The number of hydrogen-bond donors (Lipinski definition) is 1. The summed E-state index contributed by atoms with van der Waals surface area (Å²) in [6, 6.07) is 18.2. The van der Waals surface area contributed by atoms with E-state index >= 15 is 0 Å². The molecule has 2 heterocycles. The van der Waals surface area contributed by atoms with E-state index in [0.29, 0.717) is 16.6 Å². The number of carbonyl (C=O) groups excluding carboxylic acids is 1. The molecule has 1 N–H and O–H groups in total. The van der Waals surface area contributed by atoms with Crippen LogP contribution in [0.3, 0.4) is 0 Å². The van der Waals surface area contributed by atoms with Gasteiger partial charge in [-0.05, 0) is 43.5 Å². The first-order valence-electron chi connectivity index (χ1n) is 11.8. The molecular weight excluding hydrogens is 410 g/mol. The SMILES string of the molecule is CCCC[N@@+]1(c2ccccc2C)CCN(C(Cc2ccc(C#N)cc2)c2cnc[nH]2)CC1=O. The molecule has 1 aliphatic heterocycles. The lowest BCUT2D eigenvalue weighted by Crippen LogP contribution is -2.65. The number of aryl methyl sites for hydroxylation is 1. The number of aromatic amines is 1. The van der Waals surface area contributed by atoms with Crippen molar-refractivity contribution in [2.75, 3.05) is 26.2 Å². The van der Waals surface area contributed by atoms with Crippen LogP contribution in [0.15, 0.2) is 61.1 Å². The number of nitrogens with one attached hydrogen (secondary N) is 1. The highest BCUT2D eigenvalue weighted by molar-refractivity contribution is 5.91. The third kappa shape index (κ3) is 4.75. The highest BCUT2D eigenvalue weighted by Crippen LogP contribution is 2.33. The number of rotatable bonds is 8. The summed E-state index contributed by atoms with van der Waals surface area (Å²) in [4.78, 5) is 23.7. The summed E-state index contributed by atoms with van der Waals surface area (Å²) in [5.41, 5.74) is 5.12. The molecule has 1 amide bonds. The summed E-state index contributed by atoms with van der Waals surface area (Å²) in [6.45, 7) is 7.13. The largest absolute Gasteiger partial charge is 0.347 e. The summed E-state index contributed by atoms with van der Waals surface area (Å²) >= 11 is 0. The van der Waals surface area contributed by atoms with Crippen LogP contribution in [0.1, 0.15) is 48.2 Å². The van der Waals surface area contributed by atoms with E-state index in [1.807, 2.05) is 42.6 Å². The second-order valence-electron chi connectivity index (χ2n) is 8.95. The maximum absolute atomic E-state index is 13.9. The standard InChI is InChI=1S/C27H32N5O/c1-3-4-14-32(26-8-6-5-7-21(26)2)15-13-31(19-27(32)33)25(24-18-29-20-30-24)16-22-9-11-23(17-28)12-10-22/h5-12,18,20,25H,3-4,13-16,19H2,1-2H3,(H,29,30)/q+1/t25?,32-/m0/s1. The number of aromatic nitrogens is 2. The molecule has 0 radical (unpaired) electrons. The lowest BCUT2D eigenvalue weighted by Gasteiger charge is -2.44. The first-order valence-corrected chi connectivity index (χ1v) is 11.8. The average Bonchev–Trinajstić information content (AvgIpc) is 3.37. The van der Waals surface area contributed by atoms with Crippen LogP contribution in [0.2, 0.25) is 0 Å². The Kier molecular flexibility index (Phi) is 7.02. The minimum Gasteiger partial charge on any atom is -0.347 e. The number of nitrogens with zero attached hydrogens (tertiary/aromatic N) is 4. The number of para-hydroxylation sites is 1. The number of quaternary nitrogens is 1. The maximum atomic E-state index is 13.9. The molecule has 2 atom stereocenters. The van der Waals surface area contributed by atoms with Crippen molar-refractivity contribution < 1.29 is 4.79 Å². The number of amides is 1. The van der Waals surface area contributed by atoms with Crippen molar-refractivity contribution in [3.8, 4) is 6.07 Å². The van der Waals surface area contributed by atoms with Crippen LogP contribution in [0.25, 0.3) is 0 Å². The van der Waals surface area contributed by atoms with E-state index in [-0.39, 0.29) is 11.9 Å². The number of unbranched alkanes of at least 4 members (excludes halogenated alkanes) is 1. The Morgan fingerprint density at radius 2 is 2.00 bits per heavy atom. The highest BCUT2D eigenvalue weighted by Gasteiger charge is 2.45. The van der Waals surface area contributed by atoms with Crippen molar-refractivity contribution in [3.63, 3.8) is 0 Å². The Morgan fingerprint density at radius 3 is 2.64 bits per heavy atom. The number of imidazole rings is 1. The third-order valence-electron chi connectivity index (χ3n) is 6.89. The van der Waals surface area contributed by atoms with Gasteiger partial charge in [0.25, 0.3) is 0 Å². The lowest BCUT2D eigenvalue weighted by molar-refractivity contribution is -0.136. The Balaban J connectivity index is 1.61. The fourth-order valence-electron chi connectivity index (χ4n) is 4.98. The van der Waals surface area contributed by atoms with Crippen molar-refractivity contribution in [3.05, 3.63) is 83.4 Å². The maximum Gasteiger partial charge on any atom is 0.332 e. The molecule has 6 nitrogen and oxygen atoms in total. The van der Waals surface area contributed by atoms with Gasteiger partial charge in [0.05, 0.1) is 36.2 Å². The number of nitriles is 1. The molecule has 1 saturated heterocycles. The van der Waals surface area contributed by atoms with Crippen LogP contribution in [0.4, 0.5) is 5.69 Å². The first-order chi connectivity index (χ1) is 16.1. The zero-order valence-electron chi connectivity index (χ0n) is 19.5. The van der Waals surface area contributed by atoms with Gasteiger partial charge in [-0.15, -0.1) is 0 Å². The molecule has 0 bridgehead atoms. The van der Waals surface area contributed by atoms with Crippen LogP contribution in [-0.4, -0.2) is 47.0 Å². The monoisotopic (exact) mass is 442 g/mol. The van der Waals surface area contributed by atoms with E-state index in [9.17, 15) is 4.79 Å². The molecule has 170 valence electrons. The minimum atomic E-state index is 0.0228. The van der Waals surface area contributed by atoms with Gasteiger partial charge in [-0.3, -0.25) is 4.90 Å². The molecule has 0 saturated carbocycles.